The van der Waals surface area contributed by atoms with E-state index in [1.165, 1.54) is 0 Å². The summed E-state index contributed by atoms with van der Waals surface area (Å²) in [5.41, 5.74) is 7.46. The zero-order valence-electron chi connectivity index (χ0n) is 10.1. The number of carbonyl (C=O) groups is 1. The van der Waals surface area contributed by atoms with E-state index in [1.54, 1.807) is 12.4 Å². The molecule has 1 rings (SSSR count). The second-order valence-electron chi connectivity index (χ2n) is 4.74. The number of amides is 1. The van der Waals surface area contributed by atoms with Gasteiger partial charge in [0.2, 0.25) is 5.91 Å². The summed E-state index contributed by atoms with van der Waals surface area (Å²) in [5.74, 6) is -0.0317. The maximum absolute atomic E-state index is 11.5. The maximum atomic E-state index is 11.5. The Morgan fingerprint density at radius 3 is 2.81 bits per heavy atom. The summed E-state index contributed by atoms with van der Waals surface area (Å²) in [4.78, 5) is 15.6. The lowest BCUT2D eigenvalue weighted by Crippen LogP contribution is -2.38. The van der Waals surface area contributed by atoms with Crippen LogP contribution in [-0.4, -0.2) is 16.4 Å². The molecule has 0 unspecified atom stereocenters. The van der Waals surface area contributed by atoms with Gasteiger partial charge in [-0.25, -0.2) is 0 Å². The number of carbonyl (C=O) groups excluding carboxylic acids is 1. The molecule has 0 saturated carbocycles. The van der Waals surface area contributed by atoms with Gasteiger partial charge in [0, 0.05) is 30.9 Å². The van der Waals surface area contributed by atoms with E-state index < -0.39 is 5.54 Å². The fourth-order valence-electron chi connectivity index (χ4n) is 1.35. The Balaban J connectivity index is 2.47. The summed E-state index contributed by atoms with van der Waals surface area (Å²) in [7, 11) is 0. The van der Waals surface area contributed by atoms with Gasteiger partial charge in [0.15, 0.2) is 0 Å². The van der Waals surface area contributed by atoms with Crippen LogP contribution in [0.1, 0.15) is 31.4 Å². The molecule has 1 heterocycles. The minimum atomic E-state index is -0.464. The van der Waals surface area contributed by atoms with Gasteiger partial charge in [-0.15, -0.1) is 0 Å². The summed E-state index contributed by atoms with van der Waals surface area (Å²) >= 11 is 0. The molecule has 0 aromatic carbocycles. The Hall–Kier alpha value is -1.42. The zero-order chi connectivity index (χ0) is 12.2. The largest absolute Gasteiger partial charge is 0.352 e. The highest BCUT2D eigenvalue weighted by Gasteiger charge is 2.15. The molecular formula is C12H19N3O. The van der Waals surface area contributed by atoms with Crippen molar-refractivity contribution in [2.24, 2.45) is 5.73 Å². The molecule has 16 heavy (non-hydrogen) atoms. The molecule has 0 spiro atoms. The van der Waals surface area contributed by atoms with Gasteiger partial charge in [-0.2, -0.15) is 0 Å². The molecule has 0 saturated heterocycles. The number of rotatable bonds is 4. The Labute approximate surface area is 96.3 Å². The Bertz CT molecular complexity index is 369. The van der Waals surface area contributed by atoms with E-state index in [0.717, 1.165) is 11.1 Å². The molecule has 0 atom stereocenters. The number of hydrogen-bond acceptors (Lipinski definition) is 3. The Kier molecular flexibility index (Phi) is 4.01. The lowest BCUT2D eigenvalue weighted by atomic mass is 10.0. The first-order valence-electron chi connectivity index (χ1n) is 5.33. The molecule has 0 radical (unpaired) electrons. The standard InChI is InChI=1S/C12H19N3O/c1-9-4-5-14-7-10(9)8-15-11(16)6-12(2,3)13/h4-5,7H,6,8,13H2,1-3H3,(H,15,16). The highest BCUT2D eigenvalue weighted by molar-refractivity contribution is 5.77. The first-order valence-corrected chi connectivity index (χ1v) is 5.33. The summed E-state index contributed by atoms with van der Waals surface area (Å²) in [6.45, 7) is 6.18. The molecule has 1 aromatic heterocycles. The second kappa shape index (κ2) is 5.07. The fraction of sp³-hybridized carbons (Fsp3) is 0.500. The zero-order valence-corrected chi connectivity index (χ0v) is 10.1. The van der Waals surface area contributed by atoms with Gasteiger partial charge in [-0.1, -0.05) is 0 Å². The van der Waals surface area contributed by atoms with E-state index in [9.17, 15) is 4.79 Å². The average molecular weight is 221 g/mol. The van der Waals surface area contributed by atoms with Crippen molar-refractivity contribution in [2.75, 3.05) is 0 Å². The van der Waals surface area contributed by atoms with Crippen molar-refractivity contribution in [3.05, 3.63) is 29.6 Å². The van der Waals surface area contributed by atoms with Crippen LogP contribution < -0.4 is 11.1 Å². The fourth-order valence-corrected chi connectivity index (χ4v) is 1.35. The quantitative estimate of drug-likeness (QED) is 0.801. The first-order chi connectivity index (χ1) is 7.38. The lowest BCUT2D eigenvalue weighted by Gasteiger charge is -2.17. The minimum Gasteiger partial charge on any atom is -0.352 e. The summed E-state index contributed by atoms with van der Waals surface area (Å²) in [6, 6.07) is 1.92. The van der Waals surface area contributed by atoms with Crippen molar-refractivity contribution in [1.82, 2.24) is 10.3 Å². The van der Waals surface area contributed by atoms with Crippen molar-refractivity contribution >= 4 is 5.91 Å². The van der Waals surface area contributed by atoms with Crippen LogP contribution in [0.3, 0.4) is 0 Å². The van der Waals surface area contributed by atoms with Gasteiger partial charge in [0.25, 0.3) is 0 Å². The molecule has 1 aromatic rings. The van der Waals surface area contributed by atoms with Gasteiger partial charge in [-0.05, 0) is 38.0 Å². The van der Waals surface area contributed by atoms with Crippen LogP contribution in [0.2, 0.25) is 0 Å². The van der Waals surface area contributed by atoms with E-state index >= 15 is 0 Å². The van der Waals surface area contributed by atoms with Crippen LogP contribution in [-0.2, 0) is 11.3 Å². The monoisotopic (exact) mass is 221 g/mol. The highest BCUT2D eigenvalue weighted by Crippen LogP contribution is 2.06. The van der Waals surface area contributed by atoms with Gasteiger partial charge >= 0.3 is 0 Å². The molecule has 88 valence electrons. The van der Waals surface area contributed by atoms with Gasteiger partial charge < -0.3 is 11.1 Å². The SMILES string of the molecule is Cc1ccncc1CNC(=O)CC(C)(C)N. The Morgan fingerprint density at radius 1 is 1.56 bits per heavy atom. The normalized spacial score (nSPS) is 11.2. The van der Waals surface area contributed by atoms with E-state index in [1.807, 2.05) is 26.8 Å². The third-order valence-electron chi connectivity index (χ3n) is 2.24. The van der Waals surface area contributed by atoms with Crippen molar-refractivity contribution in [3.63, 3.8) is 0 Å². The van der Waals surface area contributed by atoms with E-state index in [0.29, 0.717) is 13.0 Å². The molecule has 0 aliphatic heterocycles. The lowest BCUT2D eigenvalue weighted by molar-refractivity contribution is -0.122. The molecule has 4 heteroatoms. The number of nitrogens with one attached hydrogen (secondary N) is 1. The topological polar surface area (TPSA) is 68.0 Å². The van der Waals surface area contributed by atoms with Crippen molar-refractivity contribution < 1.29 is 4.79 Å². The van der Waals surface area contributed by atoms with Crippen LogP contribution in [0, 0.1) is 6.92 Å². The number of aryl methyl sites for hydroxylation is 1. The molecule has 1 amide bonds. The van der Waals surface area contributed by atoms with Crippen LogP contribution in [0.5, 0.6) is 0 Å². The molecule has 0 aliphatic rings. The van der Waals surface area contributed by atoms with Crippen LogP contribution in [0.4, 0.5) is 0 Å². The van der Waals surface area contributed by atoms with Crippen LogP contribution in [0.25, 0.3) is 0 Å². The van der Waals surface area contributed by atoms with Crippen molar-refractivity contribution in [3.8, 4) is 0 Å². The molecule has 0 bridgehead atoms. The maximum Gasteiger partial charge on any atom is 0.222 e. The molecule has 0 aliphatic carbocycles. The molecular weight excluding hydrogens is 202 g/mol. The number of nitrogens with zero attached hydrogens (tertiary/aromatic N) is 1. The highest BCUT2D eigenvalue weighted by atomic mass is 16.1. The summed E-state index contributed by atoms with van der Waals surface area (Å²) in [6.07, 6.45) is 3.83. The van der Waals surface area contributed by atoms with Crippen molar-refractivity contribution in [2.45, 2.75) is 39.3 Å². The number of aromatic nitrogens is 1. The smallest absolute Gasteiger partial charge is 0.222 e. The molecule has 3 N–H and O–H groups in total. The molecule has 0 fully saturated rings. The van der Waals surface area contributed by atoms with E-state index in [4.69, 9.17) is 5.73 Å². The van der Waals surface area contributed by atoms with Gasteiger partial charge in [-0.3, -0.25) is 9.78 Å². The molecule has 4 nitrogen and oxygen atoms in total. The van der Waals surface area contributed by atoms with Crippen LogP contribution >= 0.6 is 0 Å². The van der Waals surface area contributed by atoms with E-state index in [-0.39, 0.29) is 5.91 Å². The summed E-state index contributed by atoms with van der Waals surface area (Å²) in [5, 5.41) is 2.84. The minimum absolute atomic E-state index is 0.0317. The predicted octanol–water partition coefficient (Wildman–Crippen LogP) is 1.13. The number of nitrogens with two attached hydrogens (primary N) is 1. The average Bonchev–Trinajstić information content (AvgIpc) is 2.14. The predicted molar refractivity (Wildman–Crippen MR) is 63.7 cm³/mol. The number of hydrogen-bond donors (Lipinski definition) is 2. The van der Waals surface area contributed by atoms with Gasteiger partial charge in [0.05, 0.1) is 0 Å². The van der Waals surface area contributed by atoms with Crippen LogP contribution in [0.15, 0.2) is 18.5 Å². The second-order valence-corrected chi connectivity index (χ2v) is 4.74. The summed E-state index contributed by atoms with van der Waals surface area (Å²) < 4.78 is 0. The third-order valence-corrected chi connectivity index (χ3v) is 2.24. The van der Waals surface area contributed by atoms with Crippen molar-refractivity contribution in [1.29, 1.82) is 0 Å². The van der Waals surface area contributed by atoms with E-state index in [2.05, 4.69) is 10.3 Å². The Morgan fingerprint density at radius 2 is 2.25 bits per heavy atom. The first kappa shape index (κ1) is 12.6. The third kappa shape index (κ3) is 4.40. The van der Waals surface area contributed by atoms with Gasteiger partial charge in [0.1, 0.15) is 0 Å². The number of pyridine rings is 1.